The molecule has 0 bridgehead atoms. The number of hydrogen-bond donors (Lipinski definition) is 2. The fourth-order valence-electron chi connectivity index (χ4n) is 3.32. The lowest BCUT2D eigenvalue weighted by Gasteiger charge is -2.21. The van der Waals surface area contributed by atoms with Crippen molar-refractivity contribution in [2.45, 2.75) is 37.5 Å². The number of carbonyl (C=O) groups excluding carboxylic acids is 1. The van der Waals surface area contributed by atoms with Crippen LogP contribution in [0.25, 0.3) is 0 Å². The van der Waals surface area contributed by atoms with E-state index >= 15 is 0 Å². The van der Waals surface area contributed by atoms with Gasteiger partial charge in [0.1, 0.15) is 0 Å². The molecule has 2 aromatic rings. The maximum Gasteiger partial charge on any atom is 0.243 e. The average molecular weight is 402 g/mol. The van der Waals surface area contributed by atoms with Crippen LogP contribution < -0.4 is 10.6 Å². The first-order chi connectivity index (χ1) is 13.5. The van der Waals surface area contributed by atoms with E-state index in [4.69, 9.17) is 0 Å². The Morgan fingerprint density at radius 1 is 0.964 bits per heavy atom. The molecule has 0 saturated carbocycles. The normalized spacial score (nSPS) is 15.6. The van der Waals surface area contributed by atoms with Crippen molar-refractivity contribution in [3.63, 3.8) is 0 Å². The van der Waals surface area contributed by atoms with Crippen LogP contribution in [0.15, 0.2) is 53.4 Å². The lowest BCUT2D eigenvalue weighted by Crippen LogP contribution is -2.32. The number of aryl methyl sites for hydroxylation is 1. The van der Waals surface area contributed by atoms with Gasteiger partial charge in [-0.1, -0.05) is 37.1 Å². The number of nitrogens with one attached hydrogen (secondary N) is 2. The molecule has 1 amide bonds. The van der Waals surface area contributed by atoms with Crippen LogP contribution in [0.5, 0.6) is 0 Å². The zero-order chi connectivity index (χ0) is 20.0. The largest absolute Gasteiger partial charge is 0.376 e. The average Bonchev–Trinajstić information content (AvgIpc) is 2.99. The highest BCUT2D eigenvalue weighted by Crippen LogP contribution is 2.25. The molecular formula is C21H27N3O3S. The van der Waals surface area contributed by atoms with Gasteiger partial charge < -0.3 is 10.6 Å². The quantitative estimate of drug-likeness (QED) is 0.775. The minimum Gasteiger partial charge on any atom is -0.376 e. The Morgan fingerprint density at radius 2 is 1.64 bits per heavy atom. The standard InChI is InChI=1S/C21H27N3O3S/c1-17-11-12-19(23-21(25)16-22-18-9-5-4-6-10-18)15-20(17)28(26,27)24-13-7-2-3-8-14-24/h4-6,9-12,15,22H,2-3,7-8,13-14,16H2,1H3,(H,23,25). The summed E-state index contributed by atoms with van der Waals surface area (Å²) >= 11 is 0. The molecule has 1 heterocycles. The molecule has 1 aliphatic rings. The van der Waals surface area contributed by atoms with Crippen molar-refractivity contribution in [2.75, 3.05) is 30.3 Å². The van der Waals surface area contributed by atoms with Crippen LogP contribution >= 0.6 is 0 Å². The highest BCUT2D eigenvalue weighted by atomic mass is 32.2. The summed E-state index contributed by atoms with van der Waals surface area (Å²) in [5.41, 5.74) is 2.02. The Morgan fingerprint density at radius 3 is 2.32 bits per heavy atom. The lowest BCUT2D eigenvalue weighted by molar-refractivity contribution is -0.114. The van der Waals surface area contributed by atoms with E-state index in [1.165, 1.54) is 0 Å². The highest BCUT2D eigenvalue weighted by Gasteiger charge is 2.27. The van der Waals surface area contributed by atoms with E-state index < -0.39 is 10.0 Å². The van der Waals surface area contributed by atoms with Gasteiger partial charge >= 0.3 is 0 Å². The summed E-state index contributed by atoms with van der Waals surface area (Å²) in [5.74, 6) is -0.231. The van der Waals surface area contributed by atoms with Gasteiger partial charge in [-0.25, -0.2) is 8.42 Å². The molecule has 28 heavy (non-hydrogen) atoms. The molecule has 7 heteroatoms. The zero-order valence-electron chi connectivity index (χ0n) is 16.1. The first-order valence-electron chi connectivity index (χ1n) is 9.66. The molecule has 0 spiro atoms. The molecule has 0 unspecified atom stereocenters. The van der Waals surface area contributed by atoms with E-state index in [2.05, 4.69) is 10.6 Å². The Labute approximate surface area is 167 Å². The number of rotatable bonds is 6. The predicted molar refractivity (Wildman–Crippen MR) is 112 cm³/mol. The van der Waals surface area contributed by atoms with Gasteiger partial charge in [0.15, 0.2) is 0 Å². The number of nitrogens with zero attached hydrogens (tertiary/aromatic N) is 1. The van der Waals surface area contributed by atoms with Crippen LogP contribution in [0.2, 0.25) is 0 Å². The zero-order valence-corrected chi connectivity index (χ0v) is 17.0. The number of hydrogen-bond acceptors (Lipinski definition) is 4. The van der Waals surface area contributed by atoms with Crippen molar-refractivity contribution in [1.29, 1.82) is 0 Å². The van der Waals surface area contributed by atoms with Crippen LogP contribution in [0.4, 0.5) is 11.4 Å². The summed E-state index contributed by atoms with van der Waals surface area (Å²) in [6.45, 7) is 3.00. The SMILES string of the molecule is Cc1ccc(NC(=O)CNc2ccccc2)cc1S(=O)(=O)N1CCCCCC1. The molecule has 0 atom stereocenters. The molecule has 2 N–H and O–H groups in total. The van der Waals surface area contributed by atoms with Gasteiger partial charge in [0.05, 0.1) is 11.4 Å². The summed E-state index contributed by atoms with van der Waals surface area (Å²) in [4.78, 5) is 12.5. The fourth-order valence-corrected chi connectivity index (χ4v) is 5.09. The summed E-state index contributed by atoms with van der Waals surface area (Å²) < 4.78 is 27.8. The van der Waals surface area contributed by atoms with Gasteiger partial charge in [-0.3, -0.25) is 4.79 Å². The van der Waals surface area contributed by atoms with Crippen molar-refractivity contribution < 1.29 is 13.2 Å². The minimum absolute atomic E-state index is 0.103. The molecule has 1 fully saturated rings. The van der Waals surface area contributed by atoms with E-state index in [9.17, 15) is 13.2 Å². The smallest absolute Gasteiger partial charge is 0.243 e. The summed E-state index contributed by atoms with van der Waals surface area (Å²) in [5, 5.41) is 5.82. The van der Waals surface area contributed by atoms with E-state index in [1.54, 1.807) is 29.4 Å². The predicted octanol–water partition coefficient (Wildman–Crippen LogP) is 3.61. The second-order valence-electron chi connectivity index (χ2n) is 7.07. The number of anilines is 2. The number of amides is 1. The maximum absolute atomic E-state index is 13.1. The van der Waals surface area contributed by atoms with Gasteiger partial charge in [-0.15, -0.1) is 0 Å². The topological polar surface area (TPSA) is 78.5 Å². The second-order valence-corrected chi connectivity index (χ2v) is 8.97. The monoisotopic (exact) mass is 401 g/mol. The van der Waals surface area contributed by atoms with Crippen molar-refractivity contribution in [3.8, 4) is 0 Å². The molecule has 0 radical (unpaired) electrons. The summed E-state index contributed by atoms with van der Waals surface area (Å²) in [6, 6.07) is 14.5. The van der Waals surface area contributed by atoms with Crippen LogP contribution in [0.1, 0.15) is 31.2 Å². The van der Waals surface area contributed by atoms with Gasteiger partial charge in [-0.05, 0) is 49.6 Å². The number of sulfonamides is 1. The third kappa shape index (κ3) is 5.11. The van der Waals surface area contributed by atoms with E-state index in [0.29, 0.717) is 24.3 Å². The van der Waals surface area contributed by atoms with Crippen LogP contribution in [0.3, 0.4) is 0 Å². The first kappa shape index (κ1) is 20.4. The lowest BCUT2D eigenvalue weighted by atomic mass is 10.2. The third-order valence-corrected chi connectivity index (χ3v) is 6.92. The van der Waals surface area contributed by atoms with E-state index in [0.717, 1.165) is 31.4 Å². The van der Waals surface area contributed by atoms with Gasteiger partial charge in [0.2, 0.25) is 15.9 Å². The van der Waals surface area contributed by atoms with E-state index in [-0.39, 0.29) is 17.3 Å². The van der Waals surface area contributed by atoms with Crippen molar-refractivity contribution >= 4 is 27.3 Å². The summed E-state index contributed by atoms with van der Waals surface area (Å²) in [6.07, 6.45) is 3.91. The molecule has 2 aromatic carbocycles. The molecule has 0 aliphatic carbocycles. The Hall–Kier alpha value is -2.38. The first-order valence-corrected chi connectivity index (χ1v) is 11.1. The van der Waals surface area contributed by atoms with E-state index in [1.807, 2.05) is 30.3 Å². The Kier molecular flexibility index (Phi) is 6.70. The maximum atomic E-state index is 13.1. The molecule has 6 nitrogen and oxygen atoms in total. The number of para-hydroxylation sites is 1. The highest BCUT2D eigenvalue weighted by molar-refractivity contribution is 7.89. The van der Waals surface area contributed by atoms with Crippen LogP contribution in [-0.2, 0) is 14.8 Å². The molecule has 1 aliphatic heterocycles. The molecule has 3 rings (SSSR count). The van der Waals surface area contributed by atoms with Crippen molar-refractivity contribution in [1.82, 2.24) is 4.31 Å². The summed E-state index contributed by atoms with van der Waals surface area (Å²) in [7, 11) is -3.56. The third-order valence-electron chi connectivity index (χ3n) is 4.88. The van der Waals surface area contributed by atoms with Gasteiger partial charge in [0, 0.05) is 24.5 Å². The molecule has 150 valence electrons. The van der Waals surface area contributed by atoms with Gasteiger partial charge in [-0.2, -0.15) is 4.31 Å². The molecule has 1 saturated heterocycles. The molecular weight excluding hydrogens is 374 g/mol. The minimum atomic E-state index is -3.56. The molecule has 0 aromatic heterocycles. The van der Waals surface area contributed by atoms with Crippen LogP contribution in [-0.4, -0.2) is 38.3 Å². The number of benzene rings is 2. The Bertz CT molecular complexity index is 906. The fraction of sp³-hybridized carbons (Fsp3) is 0.381. The van der Waals surface area contributed by atoms with Crippen LogP contribution in [0, 0.1) is 6.92 Å². The number of carbonyl (C=O) groups is 1. The Balaban J connectivity index is 1.71. The van der Waals surface area contributed by atoms with Crippen molar-refractivity contribution in [3.05, 3.63) is 54.1 Å². The second kappa shape index (κ2) is 9.21. The van der Waals surface area contributed by atoms with Crippen molar-refractivity contribution in [2.24, 2.45) is 0 Å². The van der Waals surface area contributed by atoms with Gasteiger partial charge in [0.25, 0.3) is 0 Å².